The average molecular weight is 337 g/mol. The lowest BCUT2D eigenvalue weighted by molar-refractivity contribution is 0.243. The number of rotatable bonds is 3. The lowest BCUT2D eigenvalue weighted by atomic mass is 10.1. The van der Waals surface area contributed by atoms with Gasteiger partial charge in [0.2, 0.25) is 0 Å². The molecule has 1 unspecified atom stereocenters. The molecule has 1 atom stereocenters. The first kappa shape index (κ1) is 15.4. The zero-order chi connectivity index (χ0) is 17.2. The molecule has 1 aliphatic heterocycles. The fourth-order valence-corrected chi connectivity index (χ4v) is 3.06. The van der Waals surface area contributed by atoms with Crippen molar-refractivity contribution in [1.29, 1.82) is 0 Å². The SMILES string of the molecule is Cc1c(NC(=O)NC2CCc3ncnn3C2)cnn1-c1ccccc1. The van der Waals surface area contributed by atoms with Crippen LogP contribution >= 0.6 is 0 Å². The van der Waals surface area contributed by atoms with E-state index in [2.05, 4.69) is 25.8 Å². The molecule has 8 nitrogen and oxygen atoms in total. The maximum Gasteiger partial charge on any atom is 0.319 e. The molecule has 0 saturated heterocycles. The lowest BCUT2D eigenvalue weighted by Crippen LogP contribution is -2.43. The van der Waals surface area contributed by atoms with Crippen LogP contribution < -0.4 is 10.6 Å². The van der Waals surface area contributed by atoms with Crippen LogP contribution in [0.5, 0.6) is 0 Å². The highest BCUT2D eigenvalue weighted by atomic mass is 16.2. The van der Waals surface area contributed by atoms with Crippen molar-refractivity contribution in [2.45, 2.75) is 32.4 Å². The molecule has 2 aromatic heterocycles. The summed E-state index contributed by atoms with van der Waals surface area (Å²) in [6.45, 7) is 2.57. The number of amides is 2. The van der Waals surface area contributed by atoms with Crippen LogP contribution in [-0.4, -0.2) is 36.6 Å². The van der Waals surface area contributed by atoms with E-state index in [4.69, 9.17) is 0 Å². The Hall–Kier alpha value is -3.16. The Labute approximate surface area is 144 Å². The molecule has 25 heavy (non-hydrogen) atoms. The molecule has 0 aliphatic carbocycles. The maximum absolute atomic E-state index is 12.3. The molecule has 3 aromatic rings. The van der Waals surface area contributed by atoms with E-state index in [1.165, 1.54) is 0 Å². The number of aryl methyl sites for hydroxylation is 1. The predicted octanol–water partition coefficient (Wildman–Crippen LogP) is 1.91. The fraction of sp³-hybridized carbons (Fsp3) is 0.294. The smallest absolute Gasteiger partial charge is 0.319 e. The summed E-state index contributed by atoms with van der Waals surface area (Å²) >= 11 is 0. The molecule has 1 aliphatic rings. The van der Waals surface area contributed by atoms with Crippen LogP contribution in [0, 0.1) is 6.92 Å². The van der Waals surface area contributed by atoms with Gasteiger partial charge in [0.15, 0.2) is 0 Å². The van der Waals surface area contributed by atoms with Gasteiger partial charge < -0.3 is 10.6 Å². The van der Waals surface area contributed by atoms with E-state index in [0.29, 0.717) is 12.2 Å². The first-order valence-electron chi connectivity index (χ1n) is 8.25. The quantitative estimate of drug-likeness (QED) is 0.764. The highest BCUT2D eigenvalue weighted by Gasteiger charge is 2.21. The van der Waals surface area contributed by atoms with E-state index < -0.39 is 0 Å². The van der Waals surface area contributed by atoms with Crippen LogP contribution in [0.15, 0.2) is 42.9 Å². The summed E-state index contributed by atoms with van der Waals surface area (Å²) in [6, 6.07) is 9.63. The zero-order valence-corrected chi connectivity index (χ0v) is 13.9. The lowest BCUT2D eigenvalue weighted by Gasteiger charge is -2.23. The average Bonchev–Trinajstić information content (AvgIpc) is 3.22. The minimum Gasteiger partial charge on any atom is -0.333 e. The van der Waals surface area contributed by atoms with Crippen molar-refractivity contribution >= 4 is 11.7 Å². The van der Waals surface area contributed by atoms with E-state index in [1.54, 1.807) is 17.2 Å². The second-order valence-electron chi connectivity index (χ2n) is 6.08. The van der Waals surface area contributed by atoms with Gasteiger partial charge in [-0.05, 0) is 25.5 Å². The summed E-state index contributed by atoms with van der Waals surface area (Å²) in [5, 5.41) is 14.4. The van der Waals surface area contributed by atoms with Gasteiger partial charge in [-0.15, -0.1) is 0 Å². The van der Waals surface area contributed by atoms with E-state index in [-0.39, 0.29) is 12.1 Å². The molecule has 2 amide bonds. The number of benzene rings is 1. The van der Waals surface area contributed by atoms with Crippen LogP contribution in [0.4, 0.5) is 10.5 Å². The molecular weight excluding hydrogens is 318 g/mol. The number of nitrogens with one attached hydrogen (secondary N) is 2. The van der Waals surface area contributed by atoms with Gasteiger partial charge in [-0.3, -0.25) is 0 Å². The Morgan fingerprint density at radius 1 is 1.24 bits per heavy atom. The van der Waals surface area contributed by atoms with Crippen molar-refractivity contribution < 1.29 is 4.79 Å². The molecule has 0 saturated carbocycles. The predicted molar refractivity (Wildman–Crippen MR) is 92.6 cm³/mol. The van der Waals surface area contributed by atoms with Crippen LogP contribution in [0.25, 0.3) is 5.69 Å². The molecule has 0 radical (unpaired) electrons. The molecular formula is C17H19N7O. The van der Waals surface area contributed by atoms with Crippen LogP contribution in [0.3, 0.4) is 0 Å². The third kappa shape index (κ3) is 3.10. The normalized spacial score (nSPS) is 16.3. The Kier molecular flexibility index (Phi) is 3.93. The minimum atomic E-state index is -0.232. The van der Waals surface area contributed by atoms with Crippen LogP contribution in [0.2, 0.25) is 0 Å². The van der Waals surface area contributed by atoms with E-state index in [9.17, 15) is 4.79 Å². The summed E-state index contributed by atoms with van der Waals surface area (Å²) in [6.07, 6.45) is 4.89. The van der Waals surface area contributed by atoms with Gasteiger partial charge in [-0.2, -0.15) is 10.2 Å². The molecule has 2 N–H and O–H groups in total. The number of hydrogen-bond donors (Lipinski definition) is 2. The first-order valence-corrected chi connectivity index (χ1v) is 8.25. The second kappa shape index (κ2) is 6.39. The minimum absolute atomic E-state index is 0.0404. The summed E-state index contributed by atoms with van der Waals surface area (Å²) in [5.41, 5.74) is 2.53. The number of para-hydroxylation sites is 1. The van der Waals surface area contributed by atoms with Gasteiger partial charge >= 0.3 is 6.03 Å². The summed E-state index contributed by atoms with van der Waals surface area (Å²) in [5.74, 6) is 0.971. The monoisotopic (exact) mass is 337 g/mol. The molecule has 8 heteroatoms. The number of fused-ring (bicyclic) bond motifs is 1. The summed E-state index contributed by atoms with van der Waals surface area (Å²) < 4.78 is 3.64. The Morgan fingerprint density at radius 3 is 2.92 bits per heavy atom. The van der Waals surface area contributed by atoms with E-state index in [1.807, 2.05) is 41.9 Å². The van der Waals surface area contributed by atoms with Crippen molar-refractivity contribution in [2.75, 3.05) is 5.32 Å². The second-order valence-corrected chi connectivity index (χ2v) is 6.08. The highest BCUT2D eigenvalue weighted by molar-refractivity contribution is 5.90. The largest absolute Gasteiger partial charge is 0.333 e. The van der Waals surface area contributed by atoms with Crippen molar-refractivity contribution in [3.05, 3.63) is 54.4 Å². The zero-order valence-electron chi connectivity index (χ0n) is 13.9. The number of urea groups is 1. The Bertz CT molecular complexity index is 884. The first-order chi connectivity index (χ1) is 12.2. The van der Waals surface area contributed by atoms with E-state index in [0.717, 1.165) is 30.0 Å². The van der Waals surface area contributed by atoms with Gasteiger partial charge in [0.1, 0.15) is 12.2 Å². The number of carbonyl (C=O) groups is 1. The number of nitrogens with zero attached hydrogens (tertiary/aromatic N) is 5. The number of hydrogen-bond acceptors (Lipinski definition) is 4. The van der Waals surface area contributed by atoms with Crippen molar-refractivity contribution in [2.24, 2.45) is 0 Å². The third-order valence-electron chi connectivity index (χ3n) is 4.40. The topological polar surface area (TPSA) is 89.7 Å². The van der Waals surface area contributed by atoms with Gasteiger partial charge in [-0.1, -0.05) is 18.2 Å². The Morgan fingerprint density at radius 2 is 2.08 bits per heavy atom. The maximum atomic E-state index is 12.3. The van der Waals surface area contributed by atoms with Crippen LogP contribution in [-0.2, 0) is 13.0 Å². The highest BCUT2D eigenvalue weighted by Crippen LogP contribution is 2.18. The standard InChI is InChI=1S/C17H19N7O/c1-12-15(9-19-24(12)14-5-3-2-4-6-14)22-17(25)21-13-7-8-16-18-11-20-23(16)10-13/h2-6,9,11,13H,7-8,10H2,1H3,(H2,21,22,25). The van der Waals surface area contributed by atoms with Gasteiger partial charge in [0.25, 0.3) is 0 Å². The number of carbonyl (C=O) groups excluding carboxylic acids is 1. The molecule has 1 aromatic carbocycles. The van der Waals surface area contributed by atoms with Crippen molar-refractivity contribution in [1.82, 2.24) is 29.9 Å². The Balaban J connectivity index is 1.41. The fourth-order valence-electron chi connectivity index (χ4n) is 3.06. The van der Waals surface area contributed by atoms with Gasteiger partial charge in [-0.25, -0.2) is 19.1 Å². The summed E-state index contributed by atoms with van der Waals surface area (Å²) in [7, 11) is 0. The third-order valence-corrected chi connectivity index (χ3v) is 4.40. The molecule has 0 spiro atoms. The van der Waals surface area contributed by atoms with E-state index >= 15 is 0 Å². The van der Waals surface area contributed by atoms with Gasteiger partial charge in [0, 0.05) is 6.42 Å². The molecule has 4 rings (SSSR count). The van der Waals surface area contributed by atoms with Gasteiger partial charge in [0.05, 0.1) is 35.9 Å². The molecule has 3 heterocycles. The number of aromatic nitrogens is 5. The molecule has 128 valence electrons. The summed E-state index contributed by atoms with van der Waals surface area (Å²) in [4.78, 5) is 16.5. The molecule has 0 bridgehead atoms. The van der Waals surface area contributed by atoms with Crippen molar-refractivity contribution in [3.8, 4) is 5.69 Å². The van der Waals surface area contributed by atoms with Crippen molar-refractivity contribution in [3.63, 3.8) is 0 Å². The number of anilines is 1. The molecule has 0 fully saturated rings. The van der Waals surface area contributed by atoms with Crippen LogP contribution in [0.1, 0.15) is 17.9 Å².